The number of carbonyl (C=O) groups is 1. The monoisotopic (exact) mass is 393 g/mol. The second kappa shape index (κ2) is 7.46. The number of aromatic nitrogens is 3. The summed E-state index contributed by atoms with van der Waals surface area (Å²) >= 11 is 0. The molecule has 0 saturated carbocycles. The third-order valence-corrected chi connectivity index (χ3v) is 6.02. The molecule has 1 atom stereocenters. The van der Waals surface area contributed by atoms with Crippen LogP contribution >= 0.6 is 0 Å². The summed E-state index contributed by atoms with van der Waals surface area (Å²) < 4.78 is 15.9. The van der Waals surface area contributed by atoms with E-state index in [1.54, 1.807) is 24.4 Å². The van der Waals surface area contributed by atoms with E-state index >= 15 is 0 Å². The number of anilines is 2. The minimum atomic E-state index is -0.411. The maximum atomic E-state index is 13.9. The third-order valence-electron chi connectivity index (χ3n) is 6.02. The van der Waals surface area contributed by atoms with Crippen molar-refractivity contribution in [3.63, 3.8) is 0 Å². The highest BCUT2D eigenvalue weighted by Gasteiger charge is 2.29. The van der Waals surface area contributed by atoms with Crippen molar-refractivity contribution in [1.82, 2.24) is 14.6 Å². The molecule has 0 spiro atoms. The van der Waals surface area contributed by atoms with Crippen LogP contribution in [-0.4, -0.2) is 33.6 Å². The zero-order valence-corrected chi connectivity index (χ0v) is 16.3. The number of halogens is 1. The normalized spacial score (nSPS) is 19.2. The molecule has 1 aromatic carbocycles. The summed E-state index contributed by atoms with van der Waals surface area (Å²) in [4.78, 5) is 19.7. The molecule has 1 fully saturated rings. The Morgan fingerprint density at radius 3 is 2.93 bits per heavy atom. The quantitative estimate of drug-likeness (QED) is 0.739. The van der Waals surface area contributed by atoms with Gasteiger partial charge in [0, 0.05) is 31.0 Å². The molecule has 1 saturated heterocycles. The van der Waals surface area contributed by atoms with Crippen molar-refractivity contribution >= 4 is 22.9 Å². The van der Waals surface area contributed by atoms with E-state index in [1.165, 1.54) is 30.2 Å². The number of benzene rings is 1. The summed E-state index contributed by atoms with van der Waals surface area (Å²) in [5.41, 5.74) is 3.80. The lowest BCUT2D eigenvalue weighted by Crippen LogP contribution is -2.41. The standard InChI is InChI=1S/C22H24FN5O/c23-17-8-2-4-10-19(17)25-22(29)15-6-5-12-27(14-15)21-20-16-7-1-3-9-18(16)26-28(20)13-11-24-21/h2,4,8,10-11,13,15H,1,3,5-7,9,12,14H2,(H,25,29)/t15-/m1/s1. The third kappa shape index (κ3) is 3.34. The first kappa shape index (κ1) is 18.1. The van der Waals surface area contributed by atoms with Gasteiger partial charge in [-0.25, -0.2) is 13.9 Å². The van der Waals surface area contributed by atoms with E-state index in [-0.39, 0.29) is 17.5 Å². The minimum Gasteiger partial charge on any atom is -0.354 e. The van der Waals surface area contributed by atoms with Crippen molar-refractivity contribution in [2.45, 2.75) is 38.5 Å². The lowest BCUT2D eigenvalue weighted by molar-refractivity contribution is -0.120. The minimum absolute atomic E-state index is 0.137. The summed E-state index contributed by atoms with van der Waals surface area (Å²) in [5, 5.41) is 7.51. The molecule has 150 valence electrons. The van der Waals surface area contributed by atoms with Crippen LogP contribution in [0, 0.1) is 11.7 Å². The van der Waals surface area contributed by atoms with Gasteiger partial charge in [0.15, 0.2) is 5.82 Å². The van der Waals surface area contributed by atoms with Crippen LogP contribution in [0.1, 0.15) is 36.9 Å². The molecule has 3 aromatic rings. The van der Waals surface area contributed by atoms with Crippen LogP contribution in [0.15, 0.2) is 36.7 Å². The Labute approximate surface area is 168 Å². The second-order valence-electron chi connectivity index (χ2n) is 7.93. The lowest BCUT2D eigenvalue weighted by atomic mass is 9.95. The number of amides is 1. The van der Waals surface area contributed by atoms with Crippen molar-refractivity contribution in [3.05, 3.63) is 53.7 Å². The first-order valence-corrected chi connectivity index (χ1v) is 10.4. The molecule has 1 aliphatic carbocycles. The van der Waals surface area contributed by atoms with Crippen LogP contribution in [0.25, 0.3) is 5.52 Å². The van der Waals surface area contributed by atoms with Gasteiger partial charge in [-0.05, 0) is 50.7 Å². The number of rotatable bonds is 3. The molecular formula is C22H24FN5O. The average molecular weight is 393 g/mol. The van der Waals surface area contributed by atoms with Gasteiger partial charge < -0.3 is 10.2 Å². The van der Waals surface area contributed by atoms with Crippen molar-refractivity contribution in [2.75, 3.05) is 23.3 Å². The largest absolute Gasteiger partial charge is 0.354 e. The number of nitrogens with one attached hydrogen (secondary N) is 1. The van der Waals surface area contributed by atoms with Crippen LogP contribution < -0.4 is 10.2 Å². The van der Waals surface area contributed by atoms with Gasteiger partial charge in [-0.15, -0.1) is 0 Å². The molecule has 1 aliphatic heterocycles. The summed E-state index contributed by atoms with van der Waals surface area (Å²) in [7, 11) is 0. The summed E-state index contributed by atoms with van der Waals surface area (Å²) in [6.07, 6.45) is 9.78. The van der Waals surface area contributed by atoms with Gasteiger partial charge in [0.25, 0.3) is 0 Å². The van der Waals surface area contributed by atoms with Crippen LogP contribution in [0.2, 0.25) is 0 Å². The average Bonchev–Trinajstić information content (AvgIpc) is 3.14. The van der Waals surface area contributed by atoms with E-state index in [1.807, 2.05) is 10.7 Å². The molecule has 0 bridgehead atoms. The Balaban J connectivity index is 1.40. The maximum absolute atomic E-state index is 13.9. The smallest absolute Gasteiger partial charge is 0.229 e. The summed E-state index contributed by atoms with van der Waals surface area (Å²) in [6.45, 7) is 1.43. The first-order valence-electron chi connectivity index (χ1n) is 10.4. The number of para-hydroxylation sites is 1. The maximum Gasteiger partial charge on any atom is 0.229 e. The topological polar surface area (TPSA) is 62.5 Å². The van der Waals surface area contributed by atoms with Gasteiger partial charge in [0.2, 0.25) is 5.91 Å². The zero-order chi connectivity index (χ0) is 19.8. The summed E-state index contributed by atoms with van der Waals surface area (Å²) in [6, 6.07) is 6.29. The molecule has 2 aromatic heterocycles. The highest BCUT2D eigenvalue weighted by Crippen LogP contribution is 2.32. The lowest BCUT2D eigenvalue weighted by Gasteiger charge is -2.33. The zero-order valence-electron chi connectivity index (χ0n) is 16.3. The molecule has 3 heterocycles. The van der Waals surface area contributed by atoms with Crippen LogP contribution in [-0.2, 0) is 17.6 Å². The van der Waals surface area contributed by atoms with Gasteiger partial charge >= 0.3 is 0 Å². The van der Waals surface area contributed by atoms with Crippen molar-refractivity contribution in [3.8, 4) is 0 Å². The molecule has 0 radical (unpaired) electrons. The Morgan fingerprint density at radius 2 is 2.03 bits per heavy atom. The van der Waals surface area contributed by atoms with Crippen LogP contribution in [0.4, 0.5) is 15.9 Å². The number of aryl methyl sites for hydroxylation is 2. The summed E-state index contributed by atoms with van der Waals surface area (Å²) in [5.74, 6) is 0.156. The fourth-order valence-electron chi connectivity index (χ4n) is 4.56. The van der Waals surface area contributed by atoms with Gasteiger partial charge in [-0.2, -0.15) is 5.10 Å². The van der Waals surface area contributed by atoms with Gasteiger partial charge in [-0.1, -0.05) is 12.1 Å². The number of fused-ring (bicyclic) bond motifs is 3. The Hall–Kier alpha value is -2.96. The van der Waals surface area contributed by atoms with Crippen molar-refractivity contribution < 1.29 is 9.18 Å². The van der Waals surface area contributed by atoms with E-state index in [9.17, 15) is 9.18 Å². The highest BCUT2D eigenvalue weighted by atomic mass is 19.1. The molecule has 1 N–H and O–H groups in total. The predicted molar refractivity (Wildman–Crippen MR) is 110 cm³/mol. The number of hydrogen-bond donors (Lipinski definition) is 1. The fraction of sp³-hybridized carbons (Fsp3) is 0.409. The number of carbonyl (C=O) groups excluding carboxylic acids is 1. The molecule has 5 rings (SSSR count). The van der Waals surface area contributed by atoms with E-state index in [4.69, 9.17) is 5.10 Å². The molecule has 6 nitrogen and oxygen atoms in total. The Morgan fingerprint density at radius 1 is 1.17 bits per heavy atom. The highest BCUT2D eigenvalue weighted by molar-refractivity contribution is 5.93. The van der Waals surface area contributed by atoms with Crippen LogP contribution in [0.3, 0.4) is 0 Å². The van der Waals surface area contributed by atoms with Gasteiger partial charge in [0.05, 0.1) is 17.3 Å². The Kier molecular flexibility index (Phi) is 4.66. The molecule has 0 unspecified atom stereocenters. The van der Waals surface area contributed by atoms with Crippen molar-refractivity contribution in [2.24, 2.45) is 5.92 Å². The SMILES string of the molecule is O=C(Nc1ccccc1F)[C@@H]1CCCN(c2nccn3nc4c(c23)CCCC4)C1. The predicted octanol–water partition coefficient (Wildman–Crippen LogP) is 3.60. The second-order valence-corrected chi connectivity index (χ2v) is 7.93. The molecule has 2 aliphatic rings. The molecular weight excluding hydrogens is 369 g/mol. The van der Waals surface area contributed by atoms with Crippen molar-refractivity contribution in [1.29, 1.82) is 0 Å². The fourth-order valence-corrected chi connectivity index (χ4v) is 4.56. The molecule has 29 heavy (non-hydrogen) atoms. The number of piperidine rings is 1. The van der Waals surface area contributed by atoms with Crippen LogP contribution in [0.5, 0.6) is 0 Å². The van der Waals surface area contributed by atoms with Gasteiger partial charge in [-0.3, -0.25) is 4.79 Å². The van der Waals surface area contributed by atoms with E-state index in [2.05, 4.69) is 15.2 Å². The van der Waals surface area contributed by atoms with E-state index in [0.29, 0.717) is 6.54 Å². The van der Waals surface area contributed by atoms with E-state index in [0.717, 1.165) is 43.6 Å². The Bertz CT molecular complexity index is 1060. The number of hydrogen-bond acceptors (Lipinski definition) is 4. The van der Waals surface area contributed by atoms with E-state index < -0.39 is 5.82 Å². The molecule has 7 heteroatoms. The molecule has 1 amide bonds. The van der Waals surface area contributed by atoms with Gasteiger partial charge in [0.1, 0.15) is 11.3 Å². The number of nitrogens with zero attached hydrogens (tertiary/aromatic N) is 4. The first-order chi connectivity index (χ1) is 14.2.